The Kier molecular flexibility index (Phi) is 5.98. The summed E-state index contributed by atoms with van der Waals surface area (Å²) >= 11 is 3.38. The lowest BCUT2D eigenvalue weighted by molar-refractivity contribution is -0.124. The van der Waals surface area contributed by atoms with Gasteiger partial charge in [0.25, 0.3) is 0 Å². The van der Waals surface area contributed by atoms with Gasteiger partial charge in [-0.1, -0.05) is 28.1 Å². The standard InChI is InChI=1S/C13H18BrN3O2/c1-9(12(18)16-13(19)15-2)17(3)8-10-4-6-11(14)7-5-10/h4-7,9H,8H2,1-3H3,(H2,15,16,18,19)/t9-/m1/s1. The average Bonchev–Trinajstić information content (AvgIpc) is 2.40. The lowest BCUT2D eigenvalue weighted by Crippen LogP contribution is -2.47. The van der Waals surface area contributed by atoms with Crippen LogP contribution in [-0.4, -0.2) is 37.0 Å². The third-order valence-corrected chi connectivity index (χ3v) is 3.38. The SMILES string of the molecule is CNC(=O)NC(=O)[C@@H](C)N(C)Cc1ccc(Br)cc1. The van der Waals surface area contributed by atoms with Crippen LogP contribution < -0.4 is 10.6 Å². The van der Waals surface area contributed by atoms with E-state index in [0.29, 0.717) is 6.54 Å². The first-order chi connectivity index (χ1) is 8.93. The maximum absolute atomic E-state index is 11.8. The van der Waals surface area contributed by atoms with Crippen LogP contribution in [0, 0.1) is 0 Å². The number of urea groups is 1. The van der Waals surface area contributed by atoms with Gasteiger partial charge in [0.05, 0.1) is 6.04 Å². The molecule has 1 aromatic rings. The minimum atomic E-state index is -0.492. The number of likely N-dealkylation sites (N-methyl/N-ethyl adjacent to an activating group) is 1. The summed E-state index contributed by atoms with van der Waals surface area (Å²) in [6.07, 6.45) is 0. The lowest BCUT2D eigenvalue weighted by atomic mass is 10.2. The monoisotopic (exact) mass is 327 g/mol. The van der Waals surface area contributed by atoms with Gasteiger partial charge in [-0.2, -0.15) is 0 Å². The predicted octanol–water partition coefficient (Wildman–Crippen LogP) is 1.73. The molecule has 0 bridgehead atoms. The van der Waals surface area contributed by atoms with Crippen molar-refractivity contribution in [3.8, 4) is 0 Å². The van der Waals surface area contributed by atoms with Crippen LogP contribution in [0.25, 0.3) is 0 Å². The van der Waals surface area contributed by atoms with Gasteiger partial charge in [-0.25, -0.2) is 4.79 Å². The van der Waals surface area contributed by atoms with Crippen LogP contribution in [-0.2, 0) is 11.3 Å². The van der Waals surface area contributed by atoms with E-state index < -0.39 is 6.03 Å². The van der Waals surface area contributed by atoms with Gasteiger partial charge in [-0.15, -0.1) is 0 Å². The van der Waals surface area contributed by atoms with Gasteiger partial charge in [0.1, 0.15) is 0 Å². The van der Waals surface area contributed by atoms with Crippen molar-refractivity contribution in [2.45, 2.75) is 19.5 Å². The number of nitrogens with zero attached hydrogens (tertiary/aromatic N) is 1. The number of hydrogen-bond donors (Lipinski definition) is 2. The first-order valence-corrected chi connectivity index (χ1v) is 6.70. The molecule has 1 rings (SSSR count). The van der Waals surface area contributed by atoms with E-state index >= 15 is 0 Å². The van der Waals surface area contributed by atoms with E-state index in [9.17, 15) is 9.59 Å². The van der Waals surface area contributed by atoms with Gasteiger partial charge in [0, 0.05) is 18.1 Å². The molecule has 0 aliphatic carbocycles. The molecular weight excluding hydrogens is 310 g/mol. The molecule has 104 valence electrons. The number of imide groups is 1. The predicted molar refractivity (Wildman–Crippen MR) is 77.7 cm³/mol. The second kappa shape index (κ2) is 7.25. The lowest BCUT2D eigenvalue weighted by Gasteiger charge is -2.23. The van der Waals surface area contributed by atoms with E-state index in [4.69, 9.17) is 0 Å². The number of rotatable bonds is 4. The van der Waals surface area contributed by atoms with Gasteiger partial charge >= 0.3 is 6.03 Å². The molecule has 0 unspecified atom stereocenters. The zero-order valence-corrected chi connectivity index (χ0v) is 12.8. The van der Waals surface area contributed by atoms with Crippen LogP contribution in [0.1, 0.15) is 12.5 Å². The highest BCUT2D eigenvalue weighted by Gasteiger charge is 2.19. The maximum Gasteiger partial charge on any atom is 0.321 e. The summed E-state index contributed by atoms with van der Waals surface area (Å²) in [4.78, 5) is 24.7. The smallest absolute Gasteiger partial charge is 0.321 e. The van der Waals surface area contributed by atoms with Crippen LogP contribution in [0.4, 0.5) is 4.79 Å². The fourth-order valence-electron chi connectivity index (χ4n) is 1.49. The first-order valence-electron chi connectivity index (χ1n) is 5.91. The van der Waals surface area contributed by atoms with Crippen molar-refractivity contribution in [1.29, 1.82) is 0 Å². The number of carbonyl (C=O) groups is 2. The number of hydrogen-bond acceptors (Lipinski definition) is 3. The molecule has 3 amide bonds. The highest BCUT2D eigenvalue weighted by Crippen LogP contribution is 2.12. The Bertz CT molecular complexity index is 448. The van der Waals surface area contributed by atoms with Crippen LogP contribution in [0.2, 0.25) is 0 Å². The Hall–Kier alpha value is -1.40. The third kappa shape index (κ3) is 5.00. The maximum atomic E-state index is 11.8. The molecule has 0 radical (unpaired) electrons. The number of amides is 3. The molecule has 0 saturated heterocycles. The Balaban J connectivity index is 2.56. The fraction of sp³-hybridized carbons (Fsp3) is 0.385. The van der Waals surface area contributed by atoms with Crippen LogP contribution in [0.15, 0.2) is 28.7 Å². The second-order valence-corrected chi connectivity index (χ2v) is 5.20. The summed E-state index contributed by atoms with van der Waals surface area (Å²) in [5, 5.41) is 4.62. The largest absolute Gasteiger partial charge is 0.341 e. The molecule has 19 heavy (non-hydrogen) atoms. The number of benzene rings is 1. The molecule has 5 nitrogen and oxygen atoms in total. The van der Waals surface area contributed by atoms with Gasteiger partial charge in [-0.3, -0.25) is 15.0 Å². The highest BCUT2D eigenvalue weighted by atomic mass is 79.9. The van der Waals surface area contributed by atoms with Gasteiger partial charge < -0.3 is 5.32 Å². The summed E-state index contributed by atoms with van der Waals surface area (Å²) in [6.45, 7) is 2.40. The molecule has 1 atom stereocenters. The van der Waals surface area contributed by atoms with Crippen LogP contribution in [0.3, 0.4) is 0 Å². The van der Waals surface area contributed by atoms with E-state index in [2.05, 4.69) is 26.6 Å². The molecule has 0 saturated carbocycles. The summed E-state index contributed by atoms with van der Waals surface area (Å²) in [5.74, 6) is -0.320. The molecular formula is C13H18BrN3O2. The molecule has 0 spiro atoms. The molecule has 1 aromatic carbocycles. The molecule has 2 N–H and O–H groups in total. The van der Waals surface area contributed by atoms with Crippen molar-refractivity contribution in [3.05, 3.63) is 34.3 Å². The van der Waals surface area contributed by atoms with E-state index in [1.807, 2.05) is 36.2 Å². The highest BCUT2D eigenvalue weighted by molar-refractivity contribution is 9.10. The Morgan fingerprint density at radius 2 is 1.89 bits per heavy atom. The summed E-state index contributed by atoms with van der Waals surface area (Å²) in [7, 11) is 3.31. The second-order valence-electron chi connectivity index (χ2n) is 4.29. The Morgan fingerprint density at radius 3 is 2.42 bits per heavy atom. The Morgan fingerprint density at radius 1 is 1.32 bits per heavy atom. The van der Waals surface area contributed by atoms with E-state index in [1.165, 1.54) is 7.05 Å². The molecule has 6 heteroatoms. The average molecular weight is 328 g/mol. The minimum absolute atomic E-state index is 0.320. The number of nitrogens with one attached hydrogen (secondary N) is 2. The molecule has 0 aliphatic heterocycles. The molecule has 0 heterocycles. The van der Waals surface area contributed by atoms with Gasteiger partial charge in [0.2, 0.25) is 5.91 Å². The van der Waals surface area contributed by atoms with Crippen molar-refractivity contribution >= 4 is 27.9 Å². The van der Waals surface area contributed by atoms with Crippen molar-refractivity contribution in [3.63, 3.8) is 0 Å². The van der Waals surface area contributed by atoms with Crippen LogP contribution >= 0.6 is 15.9 Å². The van der Waals surface area contributed by atoms with Crippen molar-refractivity contribution in [1.82, 2.24) is 15.5 Å². The van der Waals surface area contributed by atoms with Crippen molar-refractivity contribution in [2.75, 3.05) is 14.1 Å². The fourth-order valence-corrected chi connectivity index (χ4v) is 1.76. The van der Waals surface area contributed by atoms with E-state index in [1.54, 1.807) is 6.92 Å². The van der Waals surface area contributed by atoms with E-state index in [-0.39, 0.29) is 11.9 Å². The topological polar surface area (TPSA) is 61.4 Å². The first kappa shape index (κ1) is 15.7. The van der Waals surface area contributed by atoms with E-state index in [0.717, 1.165) is 10.0 Å². The number of carbonyl (C=O) groups excluding carboxylic acids is 2. The van der Waals surface area contributed by atoms with Crippen molar-refractivity contribution < 1.29 is 9.59 Å². The number of halogens is 1. The zero-order chi connectivity index (χ0) is 14.4. The summed E-state index contributed by atoms with van der Waals surface area (Å²) < 4.78 is 1.02. The minimum Gasteiger partial charge on any atom is -0.341 e. The molecule has 0 fully saturated rings. The normalized spacial score (nSPS) is 12.1. The van der Waals surface area contributed by atoms with Crippen molar-refractivity contribution in [2.24, 2.45) is 0 Å². The quantitative estimate of drug-likeness (QED) is 0.885. The summed E-state index contributed by atoms with van der Waals surface area (Å²) in [5.41, 5.74) is 1.10. The summed E-state index contributed by atoms with van der Waals surface area (Å²) in [6, 6.07) is 7.01. The molecule has 0 aliphatic rings. The molecule has 0 aromatic heterocycles. The van der Waals surface area contributed by atoms with Gasteiger partial charge in [0.15, 0.2) is 0 Å². The Labute approximate surface area is 121 Å². The van der Waals surface area contributed by atoms with Gasteiger partial charge in [-0.05, 0) is 31.7 Å². The van der Waals surface area contributed by atoms with Crippen LogP contribution in [0.5, 0.6) is 0 Å². The zero-order valence-electron chi connectivity index (χ0n) is 11.2. The third-order valence-electron chi connectivity index (χ3n) is 2.85.